The van der Waals surface area contributed by atoms with Crippen LogP contribution in [0.25, 0.3) is 0 Å². The number of hydrogen-bond acceptors (Lipinski definition) is 6. The molecule has 0 spiro atoms. The first-order chi connectivity index (χ1) is 9.34. The molecule has 9 heteroatoms. The van der Waals surface area contributed by atoms with E-state index in [1.807, 2.05) is 0 Å². The van der Waals surface area contributed by atoms with Gasteiger partial charge in [0.05, 0.1) is 17.2 Å². The molecule has 0 radical (unpaired) electrons. The molecule has 0 atom stereocenters. The van der Waals surface area contributed by atoms with Gasteiger partial charge in [-0.15, -0.1) is 0 Å². The van der Waals surface area contributed by atoms with E-state index in [2.05, 4.69) is 15.0 Å². The van der Waals surface area contributed by atoms with Crippen LogP contribution in [0.4, 0.5) is 5.69 Å². The first kappa shape index (κ1) is 15.2. The number of anilines is 1. The van der Waals surface area contributed by atoms with Crippen molar-refractivity contribution >= 4 is 25.5 Å². The molecular formula is C11H17N3O4S2. The topological polar surface area (TPSA) is 105 Å². The minimum atomic E-state index is -3.76. The fourth-order valence-corrected chi connectivity index (χ4v) is 5.02. The largest absolute Gasteiger partial charge is 0.386 e. The molecule has 0 aromatic carbocycles. The van der Waals surface area contributed by atoms with Crippen LogP contribution in [0.1, 0.15) is 12.8 Å². The molecule has 7 nitrogen and oxygen atoms in total. The van der Waals surface area contributed by atoms with Crippen LogP contribution in [0, 0.1) is 0 Å². The van der Waals surface area contributed by atoms with E-state index in [0.717, 1.165) is 0 Å². The number of pyridine rings is 1. The van der Waals surface area contributed by atoms with Crippen LogP contribution in [-0.4, -0.2) is 46.4 Å². The lowest BCUT2D eigenvalue weighted by Gasteiger charge is -2.23. The maximum absolute atomic E-state index is 12.3. The van der Waals surface area contributed by atoms with Crippen molar-refractivity contribution < 1.29 is 16.8 Å². The van der Waals surface area contributed by atoms with Crippen molar-refractivity contribution in [3.05, 3.63) is 18.3 Å². The summed E-state index contributed by atoms with van der Waals surface area (Å²) in [4.78, 5) is 3.88. The minimum absolute atomic E-state index is 0.0152. The van der Waals surface area contributed by atoms with Gasteiger partial charge in [0.15, 0.2) is 5.03 Å². The lowest BCUT2D eigenvalue weighted by Crippen LogP contribution is -2.41. The second-order valence-corrected chi connectivity index (χ2v) is 8.59. The van der Waals surface area contributed by atoms with Crippen molar-refractivity contribution in [2.24, 2.45) is 0 Å². The Balaban J connectivity index is 2.16. The summed E-state index contributed by atoms with van der Waals surface area (Å²) in [6.07, 6.45) is 1.99. The van der Waals surface area contributed by atoms with Gasteiger partial charge in [-0.3, -0.25) is 0 Å². The molecule has 1 fully saturated rings. The highest BCUT2D eigenvalue weighted by Gasteiger charge is 2.29. The summed E-state index contributed by atoms with van der Waals surface area (Å²) in [6, 6.07) is 2.89. The number of sulfonamides is 1. The van der Waals surface area contributed by atoms with Gasteiger partial charge in [0.1, 0.15) is 9.84 Å². The fraction of sp³-hybridized carbons (Fsp3) is 0.545. The summed E-state index contributed by atoms with van der Waals surface area (Å²) < 4.78 is 49.8. The van der Waals surface area contributed by atoms with E-state index in [1.54, 1.807) is 19.2 Å². The van der Waals surface area contributed by atoms with E-state index in [-0.39, 0.29) is 22.6 Å². The van der Waals surface area contributed by atoms with Gasteiger partial charge in [0.25, 0.3) is 10.0 Å². The summed E-state index contributed by atoms with van der Waals surface area (Å²) in [6.45, 7) is 0. The summed E-state index contributed by atoms with van der Waals surface area (Å²) in [7, 11) is -5.16. The number of rotatable bonds is 4. The zero-order valence-corrected chi connectivity index (χ0v) is 12.7. The van der Waals surface area contributed by atoms with Crippen LogP contribution in [0.15, 0.2) is 23.4 Å². The van der Waals surface area contributed by atoms with Crippen molar-refractivity contribution in [1.82, 2.24) is 9.71 Å². The van der Waals surface area contributed by atoms with E-state index < -0.39 is 19.9 Å². The van der Waals surface area contributed by atoms with Gasteiger partial charge in [-0.2, -0.15) is 0 Å². The normalized spacial score (nSPS) is 19.6. The summed E-state index contributed by atoms with van der Waals surface area (Å²) >= 11 is 0. The van der Waals surface area contributed by atoms with Gasteiger partial charge in [0, 0.05) is 19.3 Å². The molecule has 20 heavy (non-hydrogen) atoms. The van der Waals surface area contributed by atoms with Crippen LogP contribution < -0.4 is 10.0 Å². The molecule has 112 valence electrons. The highest BCUT2D eigenvalue weighted by atomic mass is 32.2. The second kappa shape index (κ2) is 5.66. The summed E-state index contributed by atoms with van der Waals surface area (Å²) in [5.74, 6) is 0.0303. The number of nitrogens with zero attached hydrogens (tertiary/aromatic N) is 1. The Morgan fingerprint density at radius 1 is 1.30 bits per heavy atom. The molecule has 0 amide bonds. The number of hydrogen-bond donors (Lipinski definition) is 2. The third kappa shape index (κ3) is 3.47. The molecule has 1 aliphatic heterocycles. The Hall–Kier alpha value is -1.19. The molecule has 2 heterocycles. The van der Waals surface area contributed by atoms with Crippen LogP contribution in [0.5, 0.6) is 0 Å². The van der Waals surface area contributed by atoms with Crippen molar-refractivity contribution in [2.75, 3.05) is 23.9 Å². The Kier molecular flexibility index (Phi) is 4.31. The van der Waals surface area contributed by atoms with Gasteiger partial charge in [-0.05, 0) is 25.0 Å². The predicted octanol–water partition coefficient (Wildman–Crippen LogP) is -0.0212. The van der Waals surface area contributed by atoms with Crippen molar-refractivity contribution in [2.45, 2.75) is 23.9 Å². The highest BCUT2D eigenvalue weighted by molar-refractivity contribution is 7.91. The van der Waals surface area contributed by atoms with E-state index in [1.165, 1.54) is 6.20 Å². The van der Waals surface area contributed by atoms with Crippen LogP contribution >= 0.6 is 0 Å². The van der Waals surface area contributed by atoms with Gasteiger partial charge >= 0.3 is 0 Å². The van der Waals surface area contributed by atoms with Crippen LogP contribution in [-0.2, 0) is 19.9 Å². The number of aromatic nitrogens is 1. The molecule has 1 aliphatic rings. The molecule has 2 rings (SSSR count). The predicted molar refractivity (Wildman–Crippen MR) is 75.8 cm³/mol. The Morgan fingerprint density at radius 3 is 2.55 bits per heavy atom. The van der Waals surface area contributed by atoms with Crippen molar-refractivity contribution in [3.8, 4) is 0 Å². The van der Waals surface area contributed by atoms with E-state index in [0.29, 0.717) is 18.5 Å². The third-order valence-corrected chi connectivity index (χ3v) is 6.36. The fourth-order valence-electron chi connectivity index (χ4n) is 2.08. The Labute approximate surface area is 118 Å². The average Bonchev–Trinajstić information content (AvgIpc) is 2.41. The maximum Gasteiger partial charge on any atom is 0.260 e. The Morgan fingerprint density at radius 2 is 1.95 bits per heavy atom. The van der Waals surface area contributed by atoms with Gasteiger partial charge in [-0.1, -0.05) is 0 Å². The summed E-state index contributed by atoms with van der Waals surface area (Å²) in [5, 5.41) is 2.70. The van der Waals surface area contributed by atoms with E-state index in [4.69, 9.17) is 0 Å². The van der Waals surface area contributed by atoms with Crippen molar-refractivity contribution in [1.29, 1.82) is 0 Å². The zero-order chi connectivity index (χ0) is 14.8. The third-order valence-electron chi connectivity index (χ3n) is 3.17. The lowest BCUT2D eigenvalue weighted by atomic mass is 10.2. The minimum Gasteiger partial charge on any atom is -0.386 e. The van der Waals surface area contributed by atoms with Crippen LogP contribution in [0.3, 0.4) is 0 Å². The van der Waals surface area contributed by atoms with Gasteiger partial charge in [-0.25, -0.2) is 26.5 Å². The molecular weight excluding hydrogens is 302 g/mol. The molecule has 0 aliphatic carbocycles. The molecule has 1 saturated heterocycles. The average molecular weight is 319 g/mol. The SMILES string of the molecule is CNc1cccnc1S(=O)(=O)NC1CCS(=O)(=O)CC1. The van der Waals surface area contributed by atoms with Gasteiger partial charge < -0.3 is 5.32 Å². The number of nitrogens with one attached hydrogen (secondary N) is 2. The zero-order valence-electron chi connectivity index (χ0n) is 11.0. The van der Waals surface area contributed by atoms with Crippen molar-refractivity contribution in [3.63, 3.8) is 0 Å². The smallest absolute Gasteiger partial charge is 0.260 e. The Bertz CT molecular complexity index is 671. The molecule has 0 saturated carbocycles. The summed E-state index contributed by atoms with van der Waals surface area (Å²) in [5.41, 5.74) is 0.406. The molecule has 1 aromatic rings. The highest BCUT2D eigenvalue weighted by Crippen LogP contribution is 2.20. The molecule has 2 N–H and O–H groups in total. The first-order valence-corrected chi connectivity index (χ1v) is 9.50. The standard InChI is InChI=1S/C11H17N3O4S2/c1-12-10-3-2-6-13-11(10)20(17,18)14-9-4-7-19(15,16)8-5-9/h2-3,6,9,12,14H,4-5,7-8H2,1H3. The number of sulfone groups is 1. The monoisotopic (exact) mass is 319 g/mol. The van der Waals surface area contributed by atoms with Crippen LogP contribution in [0.2, 0.25) is 0 Å². The molecule has 0 unspecified atom stereocenters. The lowest BCUT2D eigenvalue weighted by molar-refractivity contribution is 0.504. The quantitative estimate of drug-likeness (QED) is 0.808. The van der Waals surface area contributed by atoms with E-state index >= 15 is 0 Å². The molecule has 0 bridgehead atoms. The van der Waals surface area contributed by atoms with E-state index in [9.17, 15) is 16.8 Å². The van der Waals surface area contributed by atoms with Gasteiger partial charge in [0.2, 0.25) is 0 Å². The first-order valence-electron chi connectivity index (χ1n) is 6.19. The second-order valence-electron chi connectivity index (χ2n) is 4.65. The molecule has 1 aromatic heterocycles. The maximum atomic E-state index is 12.3.